The van der Waals surface area contributed by atoms with Gasteiger partial charge in [-0.2, -0.15) is 13.2 Å². The maximum Gasteiger partial charge on any atom is 0.401 e. The Kier molecular flexibility index (Phi) is 6.44. The van der Waals surface area contributed by atoms with Crippen molar-refractivity contribution in [3.63, 3.8) is 0 Å². The molecule has 0 amide bonds. The summed E-state index contributed by atoms with van der Waals surface area (Å²) in [7, 11) is 0. The third-order valence-corrected chi connectivity index (χ3v) is 6.09. The van der Waals surface area contributed by atoms with Crippen molar-refractivity contribution in [1.29, 1.82) is 0 Å². The first-order valence-corrected chi connectivity index (χ1v) is 9.76. The topological polar surface area (TPSA) is 18.5 Å². The molecule has 0 spiro atoms. The molecule has 2 aliphatic heterocycles. The molecule has 0 bridgehead atoms. The lowest BCUT2D eigenvalue weighted by Gasteiger charge is -2.39. The van der Waals surface area contributed by atoms with Gasteiger partial charge in [0.1, 0.15) is 0 Å². The SMILES string of the molecule is FC(F)(F)CN1CCC(CNC2CCN(C3CCCCC3)CC2)C1. The smallest absolute Gasteiger partial charge is 0.314 e. The van der Waals surface area contributed by atoms with Gasteiger partial charge in [-0.3, -0.25) is 4.90 Å². The van der Waals surface area contributed by atoms with Gasteiger partial charge in [0.25, 0.3) is 0 Å². The van der Waals surface area contributed by atoms with Crippen LogP contribution < -0.4 is 5.32 Å². The van der Waals surface area contributed by atoms with E-state index in [9.17, 15) is 13.2 Å². The van der Waals surface area contributed by atoms with Crippen molar-refractivity contribution in [2.75, 3.05) is 39.3 Å². The molecule has 140 valence electrons. The lowest BCUT2D eigenvalue weighted by atomic mass is 9.92. The molecule has 2 saturated heterocycles. The Morgan fingerprint density at radius 2 is 1.58 bits per heavy atom. The van der Waals surface area contributed by atoms with Crippen molar-refractivity contribution in [2.45, 2.75) is 69.6 Å². The minimum Gasteiger partial charge on any atom is -0.314 e. The van der Waals surface area contributed by atoms with Gasteiger partial charge in [0.05, 0.1) is 6.54 Å². The fraction of sp³-hybridized carbons (Fsp3) is 1.00. The summed E-state index contributed by atoms with van der Waals surface area (Å²) in [5.74, 6) is 0.378. The van der Waals surface area contributed by atoms with E-state index in [-0.39, 0.29) is 0 Å². The molecule has 2 heterocycles. The van der Waals surface area contributed by atoms with Crippen LogP contribution in [0, 0.1) is 5.92 Å². The van der Waals surface area contributed by atoms with E-state index in [2.05, 4.69) is 10.2 Å². The average Bonchev–Trinajstić information content (AvgIpc) is 3.00. The number of halogens is 3. The number of hydrogen-bond acceptors (Lipinski definition) is 3. The molecule has 0 aromatic heterocycles. The van der Waals surface area contributed by atoms with Crippen LogP contribution in [0.1, 0.15) is 51.4 Å². The fourth-order valence-electron chi connectivity index (χ4n) is 4.72. The average molecular weight is 347 g/mol. The van der Waals surface area contributed by atoms with E-state index in [1.165, 1.54) is 58.0 Å². The largest absolute Gasteiger partial charge is 0.401 e. The second kappa shape index (κ2) is 8.37. The van der Waals surface area contributed by atoms with Gasteiger partial charge in [0, 0.05) is 18.6 Å². The molecular weight excluding hydrogens is 315 g/mol. The lowest BCUT2D eigenvalue weighted by Crippen LogP contribution is -2.48. The van der Waals surface area contributed by atoms with Crippen molar-refractivity contribution in [1.82, 2.24) is 15.1 Å². The zero-order valence-corrected chi connectivity index (χ0v) is 14.7. The van der Waals surface area contributed by atoms with E-state index >= 15 is 0 Å². The molecule has 3 nitrogen and oxygen atoms in total. The Labute approximate surface area is 143 Å². The Hall–Kier alpha value is -0.330. The van der Waals surface area contributed by atoms with Gasteiger partial charge < -0.3 is 10.2 Å². The van der Waals surface area contributed by atoms with E-state index in [0.717, 1.165) is 19.0 Å². The first kappa shape index (κ1) is 18.5. The van der Waals surface area contributed by atoms with Crippen LogP contribution in [0.4, 0.5) is 13.2 Å². The Balaban J connectivity index is 1.31. The van der Waals surface area contributed by atoms with Crippen LogP contribution in [0.5, 0.6) is 0 Å². The zero-order valence-electron chi connectivity index (χ0n) is 14.7. The molecule has 1 atom stereocenters. The number of nitrogens with zero attached hydrogens (tertiary/aromatic N) is 2. The summed E-state index contributed by atoms with van der Waals surface area (Å²) in [5, 5.41) is 3.64. The van der Waals surface area contributed by atoms with Crippen molar-refractivity contribution in [3.8, 4) is 0 Å². The van der Waals surface area contributed by atoms with E-state index < -0.39 is 12.7 Å². The predicted molar refractivity (Wildman–Crippen MR) is 90.1 cm³/mol. The van der Waals surface area contributed by atoms with Crippen LogP contribution in [0.3, 0.4) is 0 Å². The highest BCUT2D eigenvalue weighted by molar-refractivity contribution is 4.85. The van der Waals surface area contributed by atoms with Crippen LogP contribution in [0.25, 0.3) is 0 Å². The molecule has 0 radical (unpaired) electrons. The van der Waals surface area contributed by atoms with Crippen molar-refractivity contribution in [3.05, 3.63) is 0 Å². The maximum atomic E-state index is 12.4. The normalized spacial score (nSPS) is 29.4. The molecule has 0 aromatic rings. The van der Waals surface area contributed by atoms with E-state index in [1.54, 1.807) is 4.90 Å². The van der Waals surface area contributed by atoms with Gasteiger partial charge in [0.15, 0.2) is 0 Å². The minimum atomic E-state index is -4.06. The molecule has 1 saturated carbocycles. The van der Waals surface area contributed by atoms with Gasteiger partial charge >= 0.3 is 6.18 Å². The van der Waals surface area contributed by atoms with Crippen molar-refractivity contribution < 1.29 is 13.2 Å². The van der Waals surface area contributed by atoms with Gasteiger partial charge in [-0.05, 0) is 64.2 Å². The number of alkyl halides is 3. The first-order chi connectivity index (χ1) is 11.5. The third-order valence-electron chi connectivity index (χ3n) is 6.09. The van der Waals surface area contributed by atoms with Gasteiger partial charge in [-0.15, -0.1) is 0 Å². The zero-order chi connectivity index (χ0) is 17.0. The van der Waals surface area contributed by atoms with Crippen LogP contribution in [0.2, 0.25) is 0 Å². The second-order valence-electron chi connectivity index (χ2n) is 8.02. The third kappa shape index (κ3) is 5.60. The molecule has 6 heteroatoms. The number of rotatable bonds is 5. The summed E-state index contributed by atoms with van der Waals surface area (Å²) in [6.45, 7) is 3.69. The molecule has 3 rings (SSSR count). The number of piperidine rings is 1. The Bertz CT molecular complexity index is 374. The molecule has 1 unspecified atom stereocenters. The standard InChI is InChI=1S/C18H32F3N3/c19-18(20,21)14-23-9-6-15(13-23)12-22-16-7-10-24(11-8-16)17-4-2-1-3-5-17/h15-17,22H,1-14H2. The van der Waals surface area contributed by atoms with Gasteiger partial charge in [0.2, 0.25) is 0 Å². The lowest BCUT2D eigenvalue weighted by molar-refractivity contribution is -0.143. The Morgan fingerprint density at radius 3 is 2.25 bits per heavy atom. The predicted octanol–water partition coefficient (Wildman–Crippen LogP) is 3.26. The van der Waals surface area contributed by atoms with Crippen molar-refractivity contribution >= 4 is 0 Å². The van der Waals surface area contributed by atoms with E-state index in [4.69, 9.17) is 0 Å². The van der Waals surface area contributed by atoms with Crippen LogP contribution >= 0.6 is 0 Å². The molecule has 3 aliphatic rings. The highest BCUT2D eigenvalue weighted by atomic mass is 19.4. The summed E-state index contributed by atoms with van der Waals surface area (Å²) in [6.07, 6.45) is 6.13. The van der Waals surface area contributed by atoms with E-state index in [0.29, 0.717) is 25.0 Å². The van der Waals surface area contributed by atoms with Crippen LogP contribution in [-0.4, -0.2) is 67.3 Å². The molecule has 0 aromatic carbocycles. The molecular formula is C18H32F3N3. The Morgan fingerprint density at radius 1 is 0.875 bits per heavy atom. The van der Waals surface area contributed by atoms with Crippen LogP contribution in [0.15, 0.2) is 0 Å². The monoisotopic (exact) mass is 347 g/mol. The highest BCUT2D eigenvalue weighted by Gasteiger charge is 2.34. The van der Waals surface area contributed by atoms with E-state index in [1.807, 2.05) is 0 Å². The molecule has 1 N–H and O–H groups in total. The fourth-order valence-corrected chi connectivity index (χ4v) is 4.72. The summed E-state index contributed by atoms with van der Waals surface area (Å²) >= 11 is 0. The second-order valence-corrected chi connectivity index (χ2v) is 8.02. The molecule has 3 fully saturated rings. The minimum absolute atomic E-state index is 0.378. The quantitative estimate of drug-likeness (QED) is 0.824. The summed E-state index contributed by atoms with van der Waals surface area (Å²) in [4.78, 5) is 4.23. The van der Waals surface area contributed by atoms with Crippen LogP contribution in [-0.2, 0) is 0 Å². The first-order valence-electron chi connectivity index (χ1n) is 9.76. The summed E-state index contributed by atoms with van der Waals surface area (Å²) in [5.41, 5.74) is 0. The number of hydrogen-bond donors (Lipinski definition) is 1. The van der Waals surface area contributed by atoms with Gasteiger partial charge in [-0.25, -0.2) is 0 Å². The molecule has 24 heavy (non-hydrogen) atoms. The van der Waals surface area contributed by atoms with Crippen molar-refractivity contribution in [2.24, 2.45) is 5.92 Å². The highest BCUT2D eigenvalue weighted by Crippen LogP contribution is 2.26. The van der Waals surface area contributed by atoms with Gasteiger partial charge in [-0.1, -0.05) is 19.3 Å². The summed E-state index contributed by atoms with van der Waals surface area (Å²) < 4.78 is 37.3. The molecule has 1 aliphatic carbocycles. The summed E-state index contributed by atoms with van der Waals surface area (Å²) in [6, 6.07) is 1.37. The number of likely N-dealkylation sites (tertiary alicyclic amines) is 2. The maximum absolute atomic E-state index is 12.4. The number of nitrogens with one attached hydrogen (secondary N) is 1.